The molecule has 1 aliphatic rings. The molecular formula is C17H19F2N3O2. The van der Waals surface area contributed by atoms with E-state index in [1.165, 1.54) is 6.07 Å². The van der Waals surface area contributed by atoms with Gasteiger partial charge in [0, 0.05) is 24.6 Å². The Labute approximate surface area is 138 Å². The number of nitrogens with zero attached hydrogens (tertiary/aromatic N) is 2. The van der Waals surface area contributed by atoms with Crippen molar-refractivity contribution in [2.24, 2.45) is 0 Å². The van der Waals surface area contributed by atoms with Crippen LogP contribution in [0, 0.1) is 18.6 Å². The van der Waals surface area contributed by atoms with Gasteiger partial charge in [-0.3, -0.25) is 0 Å². The van der Waals surface area contributed by atoms with Crippen molar-refractivity contribution >= 4 is 11.7 Å². The third-order valence-corrected chi connectivity index (χ3v) is 4.32. The predicted octanol–water partition coefficient (Wildman–Crippen LogP) is 4.19. The number of hydrogen-bond donors (Lipinski definition) is 1. The van der Waals surface area contributed by atoms with E-state index in [1.807, 2.05) is 13.8 Å². The van der Waals surface area contributed by atoms with Crippen LogP contribution >= 0.6 is 0 Å². The van der Waals surface area contributed by atoms with Crippen LogP contribution in [0.5, 0.6) is 0 Å². The number of amides is 2. The lowest BCUT2D eigenvalue weighted by molar-refractivity contribution is 0.206. The molecule has 1 saturated heterocycles. The molecule has 0 saturated carbocycles. The summed E-state index contributed by atoms with van der Waals surface area (Å²) < 4.78 is 32.1. The van der Waals surface area contributed by atoms with Gasteiger partial charge in [0.1, 0.15) is 17.4 Å². The second-order valence-corrected chi connectivity index (χ2v) is 5.86. The zero-order valence-corrected chi connectivity index (χ0v) is 13.6. The summed E-state index contributed by atoms with van der Waals surface area (Å²) in [4.78, 5) is 14.2. The van der Waals surface area contributed by atoms with Gasteiger partial charge in [0.15, 0.2) is 0 Å². The minimum Gasteiger partial charge on any atom is -0.361 e. The summed E-state index contributed by atoms with van der Waals surface area (Å²) >= 11 is 0. The monoisotopic (exact) mass is 335 g/mol. The molecule has 1 aliphatic heterocycles. The van der Waals surface area contributed by atoms with E-state index in [-0.39, 0.29) is 11.7 Å². The second kappa shape index (κ2) is 6.59. The maximum Gasteiger partial charge on any atom is 0.322 e. The first kappa shape index (κ1) is 16.4. The first-order valence-electron chi connectivity index (χ1n) is 7.99. The summed E-state index contributed by atoms with van der Waals surface area (Å²) in [6, 6.07) is 2.52. The van der Waals surface area contributed by atoms with Crippen LogP contribution in [0.1, 0.15) is 42.8 Å². The molecule has 24 heavy (non-hydrogen) atoms. The number of carbonyl (C=O) groups excluding carboxylic acids is 1. The third-order valence-electron chi connectivity index (χ3n) is 4.32. The van der Waals surface area contributed by atoms with Crippen molar-refractivity contribution in [3.05, 3.63) is 46.9 Å². The van der Waals surface area contributed by atoms with E-state index in [4.69, 9.17) is 4.52 Å². The smallest absolute Gasteiger partial charge is 0.322 e. The van der Waals surface area contributed by atoms with Gasteiger partial charge < -0.3 is 14.7 Å². The quantitative estimate of drug-likeness (QED) is 0.915. The number of aromatic nitrogens is 1. The van der Waals surface area contributed by atoms with Crippen LogP contribution in [0.2, 0.25) is 0 Å². The Hall–Kier alpha value is -2.44. The Morgan fingerprint density at radius 3 is 2.96 bits per heavy atom. The number of hydrogen-bond acceptors (Lipinski definition) is 3. The lowest BCUT2D eigenvalue weighted by atomic mass is 10.0. The highest BCUT2D eigenvalue weighted by Crippen LogP contribution is 2.36. The number of nitrogens with one attached hydrogen (secondary N) is 1. The number of carbonyl (C=O) groups is 1. The molecule has 1 N–H and O–H groups in total. The molecule has 3 rings (SSSR count). The van der Waals surface area contributed by atoms with Crippen LogP contribution < -0.4 is 5.32 Å². The molecule has 2 heterocycles. The topological polar surface area (TPSA) is 58.4 Å². The number of halogens is 2. The maximum absolute atomic E-state index is 13.8. The molecule has 0 bridgehead atoms. The van der Waals surface area contributed by atoms with Gasteiger partial charge in [-0.2, -0.15) is 0 Å². The molecule has 2 aromatic rings. The standard InChI is InChI=1S/C17H19F2N3O2/c1-3-15-16(10(2)21-24-15)14-5-4-8-22(14)17(23)20-13-7-6-11(18)9-12(13)19/h6-7,9,14H,3-5,8H2,1-2H3,(H,20,23)/t14-/m0/s1. The molecule has 128 valence electrons. The Kier molecular flexibility index (Phi) is 4.51. The largest absolute Gasteiger partial charge is 0.361 e. The fraction of sp³-hybridized carbons (Fsp3) is 0.412. The molecular weight excluding hydrogens is 316 g/mol. The van der Waals surface area contributed by atoms with Gasteiger partial charge in [0.05, 0.1) is 17.4 Å². The molecule has 7 heteroatoms. The van der Waals surface area contributed by atoms with E-state index < -0.39 is 17.7 Å². The van der Waals surface area contributed by atoms with Crippen molar-refractivity contribution in [3.63, 3.8) is 0 Å². The number of likely N-dealkylation sites (tertiary alicyclic amines) is 1. The molecule has 0 unspecified atom stereocenters. The molecule has 1 aromatic carbocycles. The zero-order chi connectivity index (χ0) is 17.3. The van der Waals surface area contributed by atoms with Crippen LogP contribution in [-0.4, -0.2) is 22.6 Å². The highest BCUT2D eigenvalue weighted by atomic mass is 19.1. The predicted molar refractivity (Wildman–Crippen MR) is 84.7 cm³/mol. The van der Waals surface area contributed by atoms with E-state index >= 15 is 0 Å². The summed E-state index contributed by atoms with van der Waals surface area (Å²) in [6.07, 6.45) is 2.33. The minimum absolute atomic E-state index is 0.0372. The van der Waals surface area contributed by atoms with Crippen LogP contribution in [0.3, 0.4) is 0 Å². The molecule has 0 spiro atoms. The van der Waals surface area contributed by atoms with Crippen molar-refractivity contribution in [2.75, 3.05) is 11.9 Å². The number of anilines is 1. The number of benzene rings is 1. The molecule has 1 fully saturated rings. The van der Waals surface area contributed by atoms with E-state index in [0.717, 1.165) is 42.0 Å². The van der Waals surface area contributed by atoms with Gasteiger partial charge in [-0.1, -0.05) is 12.1 Å². The zero-order valence-electron chi connectivity index (χ0n) is 13.6. The van der Waals surface area contributed by atoms with E-state index in [9.17, 15) is 13.6 Å². The Morgan fingerprint density at radius 2 is 2.25 bits per heavy atom. The fourth-order valence-corrected chi connectivity index (χ4v) is 3.19. The molecule has 5 nitrogen and oxygen atoms in total. The molecule has 1 atom stereocenters. The lowest BCUT2D eigenvalue weighted by Crippen LogP contribution is -2.35. The third kappa shape index (κ3) is 2.98. The molecule has 0 radical (unpaired) electrons. The first-order chi connectivity index (χ1) is 11.5. The van der Waals surface area contributed by atoms with Crippen molar-refractivity contribution in [3.8, 4) is 0 Å². The van der Waals surface area contributed by atoms with Crippen molar-refractivity contribution in [2.45, 2.75) is 39.2 Å². The summed E-state index contributed by atoms with van der Waals surface area (Å²) in [5.41, 5.74) is 1.67. The minimum atomic E-state index is -0.797. The average Bonchev–Trinajstić information content (AvgIpc) is 3.15. The average molecular weight is 335 g/mol. The van der Waals surface area contributed by atoms with Gasteiger partial charge >= 0.3 is 6.03 Å². The number of rotatable bonds is 3. The van der Waals surface area contributed by atoms with Gasteiger partial charge in [0.2, 0.25) is 0 Å². The normalized spacial score (nSPS) is 17.3. The van der Waals surface area contributed by atoms with E-state index in [2.05, 4.69) is 10.5 Å². The fourth-order valence-electron chi connectivity index (χ4n) is 3.19. The van der Waals surface area contributed by atoms with Crippen molar-refractivity contribution in [1.82, 2.24) is 10.1 Å². The Morgan fingerprint density at radius 1 is 1.46 bits per heavy atom. The Balaban J connectivity index is 1.82. The van der Waals surface area contributed by atoms with E-state index in [1.54, 1.807) is 4.90 Å². The number of aryl methyl sites for hydroxylation is 2. The van der Waals surface area contributed by atoms with Gasteiger partial charge in [-0.15, -0.1) is 0 Å². The highest BCUT2D eigenvalue weighted by Gasteiger charge is 2.34. The van der Waals surface area contributed by atoms with Gasteiger partial charge in [-0.25, -0.2) is 13.6 Å². The molecule has 0 aliphatic carbocycles. The van der Waals surface area contributed by atoms with Gasteiger partial charge in [-0.05, 0) is 31.9 Å². The van der Waals surface area contributed by atoms with Crippen molar-refractivity contribution < 1.29 is 18.1 Å². The van der Waals surface area contributed by atoms with Crippen LogP contribution in [0.25, 0.3) is 0 Å². The summed E-state index contributed by atoms with van der Waals surface area (Å²) in [7, 11) is 0. The van der Waals surface area contributed by atoms with E-state index in [0.29, 0.717) is 13.0 Å². The molecule has 2 amide bonds. The van der Waals surface area contributed by atoms with Crippen LogP contribution in [-0.2, 0) is 6.42 Å². The van der Waals surface area contributed by atoms with Crippen LogP contribution in [0.4, 0.5) is 19.3 Å². The summed E-state index contributed by atoms with van der Waals surface area (Å²) in [5.74, 6) is -0.711. The summed E-state index contributed by atoms with van der Waals surface area (Å²) in [6.45, 7) is 4.38. The lowest BCUT2D eigenvalue weighted by Gasteiger charge is -2.25. The Bertz CT molecular complexity index is 760. The van der Waals surface area contributed by atoms with Crippen molar-refractivity contribution in [1.29, 1.82) is 0 Å². The molecule has 1 aromatic heterocycles. The second-order valence-electron chi connectivity index (χ2n) is 5.86. The van der Waals surface area contributed by atoms with Gasteiger partial charge in [0.25, 0.3) is 0 Å². The van der Waals surface area contributed by atoms with Crippen LogP contribution in [0.15, 0.2) is 22.7 Å². The number of urea groups is 1. The maximum atomic E-state index is 13.8. The highest BCUT2D eigenvalue weighted by molar-refractivity contribution is 5.90. The first-order valence-corrected chi connectivity index (χ1v) is 7.99. The summed E-state index contributed by atoms with van der Waals surface area (Å²) in [5, 5.41) is 6.52. The SMILES string of the molecule is CCc1onc(C)c1[C@@H]1CCCN1C(=O)Nc1ccc(F)cc1F.